The molecule has 2 N–H and O–H groups in total. The molecule has 1 aliphatic carbocycles. The molecule has 1 aromatic rings. The standard InChI is InChI=1S/C21H39N5O/c1-6-22-20(25-16-19-24-15-18(27-19)21(2,3)4)23-13-10-14-26(5)17-11-8-7-9-12-17/h15,17H,6-14,16H2,1-5H3,(H2,22,23,25). The molecule has 0 atom stereocenters. The zero-order chi connectivity index (χ0) is 19.7. The first-order valence-corrected chi connectivity index (χ1v) is 10.6. The van der Waals surface area contributed by atoms with E-state index in [1.54, 1.807) is 0 Å². The number of aliphatic imine (C=N–C) groups is 1. The van der Waals surface area contributed by atoms with Crippen molar-refractivity contribution in [3.05, 3.63) is 17.8 Å². The molecule has 0 aliphatic heterocycles. The van der Waals surface area contributed by atoms with E-state index in [2.05, 4.69) is 60.3 Å². The molecule has 27 heavy (non-hydrogen) atoms. The Hall–Kier alpha value is -1.56. The van der Waals surface area contributed by atoms with Crippen LogP contribution in [0.3, 0.4) is 0 Å². The molecule has 1 fully saturated rings. The molecule has 1 saturated carbocycles. The summed E-state index contributed by atoms with van der Waals surface area (Å²) in [7, 11) is 2.27. The van der Waals surface area contributed by atoms with Gasteiger partial charge in [0.1, 0.15) is 12.3 Å². The first-order valence-electron chi connectivity index (χ1n) is 10.6. The molecule has 2 rings (SSSR count). The van der Waals surface area contributed by atoms with E-state index in [1.807, 2.05) is 6.20 Å². The maximum absolute atomic E-state index is 5.82. The van der Waals surface area contributed by atoms with Crippen LogP contribution < -0.4 is 10.6 Å². The summed E-state index contributed by atoms with van der Waals surface area (Å²) < 4.78 is 5.82. The molecule has 154 valence electrons. The fraction of sp³-hybridized carbons (Fsp3) is 0.810. The number of rotatable bonds is 8. The third-order valence-electron chi connectivity index (χ3n) is 5.19. The summed E-state index contributed by atoms with van der Waals surface area (Å²) in [5, 5.41) is 6.73. The first-order chi connectivity index (χ1) is 12.9. The monoisotopic (exact) mass is 377 g/mol. The van der Waals surface area contributed by atoms with E-state index in [1.165, 1.54) is 32.1 Å². The highest BCUT2D eigenvalue weighted by Gasteiger charge is 2.19. The minimum atomic E-state index is -0.0257. The third kappa shape index (κ3) is 7.53. The third-order valence-corrected chi connectivity index (χ3v) is 5.19. The molecule has 0 aromatic carbocycles. The molecule has 6 heteroatoms. The lowest BCUT2D eigenvalue weighted by atomic mass is 9.94. The summed E-state index contributed by atoms with van der Waals surface area (Å²) in [5.74, 6) is 2.39. The fourth-order valence-electron chi connectivity index (χ4n) is 3.46. The van der Waals surface area contributed by atoms with Gasteiger partial charge in [-0.1, -0.05) is 40.0 Å². The minimum Gasteiger partial charge on any atom is -0.443 e. The van der Waals surface area contributed by atoms with Crippen LogP contribution in [0.1, 0.15) is 77.9 Å². The zero-order valence-electron chi connectivity index (χ0n) is 18.0. The Morgan fingerprint density at radius 2 is 2.00 bits per heavy atom. The van der Waals surface area contributed by atoms with Crippen molar-refractivity contribution in [2.45, 2.75) is 84.2 Å². The molecule has 0 bridgehead atoms. The van der Waals surface area contributed by atoms with Gasteiger partial charge in [-0.3, -0.25) is 0 Å². The lowest BCUT2D eigenvalue weighted by molar-refractivity contribution is 0.190. The molecule has 0 spiro atoms. The summed E-state index contributed by atoms with van der Waals surface area (Å²) in [6, 6.07) is 0.780. The van der Waals surface area contributed by atoms with E-state index in [0.29, 0.717) is 12.4 Å². The Bertz CT molecular complexity index is 569. The SMILES string of the molecule is CCNC(=NCc1ncc(C(C)(C)C)o1)NCCCN(C)C1CCCCC1. The van der Waals surface area contributed by atoms with Crippen molar-refractivity contribution < 1.29 is 4.42 Å². The topological polar surface area (TPSA) is 65.7 Å². The van der Waals surface area contributed by atoms with Crippen molar-refractivity contribution in [2.75, 3.05) is 26.7 Å². The van der Waals surface area contributed by atoms with Gasteiger partial charge in [0.15, 0.2) is 5.96 Å². The molecule has 0 unspecified atom stereocenters. The number of oxazole rings is 1. The van der Waals surface area contributed by atoms with Gasteiger partial charge in [0.05, 0.1) is 6.20 Å². The van der Waals surface area contributed by atoms with Crippen molar-refractivity contribution in [1.29, 1.82) is 0 Å². The maximum atomic E-state index is 5.82. The molecule has 0 radical (unpaired) electrons. The van der Waals surface area contributed by atoms with Crippen molar-refractivity contribution in [2.24, 2.45) is 4.99 Å². The van der Waals surface area contributed by atoms with Crippen LogP contribution in [0.25, 0.3) is 0 Å². The van der Waals surface area contributed by atoms with Gasteiger partial charge >= 0.3 is 0 Å². The van der Waals surface area contributed by atoms with Crippen LogP contribution in [-0.4, -0.2) is 48.6 Å². The summed E-state index contributed by atoms with van der Waals surface area (Å²) in [5.41, 5.74) is -0.0257. The predicted octanol–water partition coefficient (Wildman–Crippen LogP) is 3.68. The molecular weight excluding hydrogens is 338 g/mol. The Labute approximate surface area is 165 Å². The van der Waals surface area contributed by atoms with Gasteiger partial charge in [-0.2, -0.15) is 0 Å². The van der Waals surface area contributed by atoms with Crippen LogP contribution in [0.15, 0.2) is 15.6 Å². The van der Waals surface area contributed by atoms with E-state index < -0.39 is 0 Å². The Kier molecular flexibility index (Phi) is 8.61. The second-order valence-electron chi connectivity index (χ2n) is 8.62. The zero-order valence-corrected chi connectivity index (χ0v) is 18.0. The van der Waals surface area contributed by atoms with Crippen LogP contribution in [0.4, 0.5) is 0 Å². The molecule has 0 amide bonds. The number of nitrogens with zero attached hydrogens (tertiary/aromatic N) is 3. The van der Waals surface area contributed by atoms with Gasteiger partial charge in [0.2, 0.25) is 5.89 Å². The molecule has 6 nitrogen and oxygen atoms in total. The average Bonchev–Trinajstić information content (AvgIpc) is 3.13. The Morgan fingerprint density at radius 1 is 1.26 bits per heavy atom. The summed E-state index contributed by atoms with van der Waals surface area (Å²) in [6.07, 6.45) is 9.85. The van der Waals surface area contributed by atoms with Gasteiger partial charge in [0.25, 0.3) is 0 Å². The number of aromatic nitrogens is 1. The van der Waals surface area contributed by atoms with Crippen LogP contribution in [0, 0.1) is 0 Å². The summed E-state index contributed by atoms with van der Waals surface area (Å²) >= 11 is 0. The quantitative estimate of drug-likeness (QED) is 0.411. The summed E-state index contributed by atoms with van der Waals surface area (Å²) in [4.78, 5) is 11.5. The lowest BCUT2D eigenvalue weighted by Gasteiger charge is -2.31. The van der Waals surface area contributed by atoms with Gasteiger partial charge in [0, 0.05) is 24.5 Å². The number of nitrogens with one attached hydrogen (secondary N) is 2. The van der Waals surface area contributed by atoms with E-state index in [9.17, 15) is 0 Å². The Balaban J connectivity index is 1.75. The molecule has 1 aliphatic rings. The maximum Gasteiger partial charge on any atom is 0.216 e. The predicted molar refractivity (Wildman–Crippen MR) is 112 cm³/mol. The van der Waals surface area contributed by atoms with Crippen molar-refractivity contribution in [3.8, 4) is 0 Å². The van der Waals surface area contributed by atoms with Crippen molar-refractivity contribution >= 4 is 5.96 Å². The highest BCUT2D eigenvalue weighted by Crippen LogP contribution is 2.23. The van der Waals surface area contributed by atoms with Crippen molar-refractivity contribution in [1.82, 2.24) is 20.5 Å². The highest BCUT2D eigenvalue weighted by atomic mass is 16.4. The van der Waals surface area contributed by atoms with Crippen LogP contribution in [-0.2, 0) is 12.0 Å². The molecule has 1 aromatic heterocycles. The molecule has 0 saturated heterocycles. The molecular formula is C21H39N5O. The highest BCUT2D eigenvalue weighted by molar-refractivity contribution is 5.79. The fourth-order valence-corrected chi connectivity index (χ4v) is 3.46. The van der Waals surface area contributed by atoms with Gasteiger partial charge in [-0.15, -0.1) is 0 Å². The minimum absolute atomic E-state index is 0.0257. The van der Waals surface area contributed by atoms with Gasteiger partial charge in [-0.25, -0.2) is 9.98 Å². The lowest BCUT2D eigenvalue weighted by Crippen LogP contribution is -2.39. The summed E-state index contributed by atoms with van der Waals surface area (Å²) in [6.45, 7) is 11.8. The smallest absolute Gasteiger partial charge is 0.216 e. The first kappa shape index (κ1) is 21.7. The van der Waals surface area contributed by atoms with E-state index in [0.717, 1.165) is 43.8 Å². The van der Waals surface area contributed by atoms with Gasteiger partial charge < -0.3 is 20.0 Å². The second-order valence-corrected chi connectivity index (χ2v) is 8.62. The van der Waals surface area contributed by atoms with E-state index >= 15 is 0 Å². The van der Waals surface area contributed by atoms with Crippen LogP contribution >= 0.6 is 0 Å². The Morgan fingerprint density at radius 3 is 2.63 bits per heavy atom. The number of guanidine groups is 1. The molecule has 1 heterocycles. The average molecular weight is 378 g/mol. The number of hydrogen-bond donors (Lipinski definition) is 2. The largest absolute Gasteiger partial charge is 0.443 e. The number of hydrogen-bond acceptors (Lipinski definition) is 4. The van der Waals surface area contributed by atoms with Crippen molar-refractivity contribution in [3.63, 3.8) is 0 Å². The second kappa shape index (κ2) is 10.7. The van der Waals surface area contributed by atoms with E-state index in [4.69, 9.17) is 4.42 Å². The van der Waals surface area contributed by atoms with Crippen LogP contribution in [0.2, 0.25) is 0 Å². The van der Waals surface area contributed by atoms with E-state index in [-0.39, 0.29) is 5.41 Å². The normalized spacial score (nSPS) is 16.7. The van der Waals surface area contributed by atoms with Crippen LogP contribution in [0.5, 0.6) is 0 Å². The van der Waals surface area contributed by atoms with Gasteiger partial charge in [-0.05, 0) is 39.8 Å².